The molecule has 1 aromatic heterocycles. The number of allylic oxidation sites excluding steroid dienone is 1. The minimum absolute atomic E-state index is 0.0171. The van der Waals surface area contributed by atoms with Crippen LogP contribution in [0.3, 0.4) is 0 Å². The molecule has 1 aliphatic carbocycles. The van der Waals surface area contributed by atoms with Crippen LogP contribution < -0.4 is 5.32 Å². The summed E-state index contributed by atoms with van der Waals surface area (Å²) in [4.78, 5) is 27.3. The Morgan fingerprint density at radius 2 is 2.26 bits per heavy atom. The highest BCUT2D eigenvalue weighted by molar-refractivity contribution is 7.16. The van der Waals surface area contributed by atoms with Gasteiger partial charge in [0, 0.05) is 24.0 Å². The van der Waals surface area contributed by atoms with E-state index >= 15 is 0 Å². The molecule has 0 aliphatic heterocycles. The summed E-state index contributed by atoms with van der Waals surface area (Å²) in [6.07, 6.45) is 6.22. The number of nitrogens with one attached hydrogen (secondary N) is 1. The Labute approximate surface area is 146 Å². The van der Waals surface area contributed by atoms with Gasteiger partial charge in [0.2, 0.25) is 11.8 Å². The van der Waals surface area contributed by atoms with Crippen LogP contribution >= 0.6 is 22.9 Å². The van der Waals surface area contributed by atoms with E-state index in [1.807, 2.05) is 38.1 Å². The number of rotatable bonds is 7. The molecule has 4 nitrogen and oxygen atoms in total. The number of carbonyl (C=O) groups is 2. The fourth-order valence-corrected chi connectivity index (χ4v) is 3.77. The monoisotopic (exact) mass is 354 g/mol. The molecule has 2 unspecified atom stereocenters. The molecule has 126 valence electrons. The van der Waals surface area contributed by atoms with E-state index in [1.54, 1.807) is 4.90 Å². The maximum atomic E-state index is 12.4. The normalized spacial score (nSPS) is 18.0. The van der Waals surface area contributed by atoms with E-state index < -0.39 is 0 Å². The van der Waals surface area contributed by atoms with E-state index in [1.165, 1.54) is 11.3 Å². The second kappa shape index (κ2) is 8.50. The highest BCUT2D eigenvalue weighted by atomic mass is 35.5. The van der Waals surface area contributed by atoms with Crippen molar-refractivity contribution in [2.45, 2.75) is 39.2 Å². The fourth-order valence-electron chi connectivity index (χ4n) is 2.69. The Morgan fingerprint density at radius 1 is 1.48 bits per heavy atom. The third-order valence-electron chi connectivity index (χ3n) is 3.92. The Morgan fingerprint density at radius 3 is 2.83 bits per heavy atom. The first-order valence-corrected chi connectivity index (χ1v) is 9.18. The molecule has 0 radical (unpaired) electrons. The molecule has 1 aliphatic rings. The van der Waals surface area contributed by atoms with Gasteiger partial charge in [0.1, 0.15) is 0 Å². The van der Waals surface area contributed by atoms with E-state index in [2.05, 4.69) is 5.32 Å². The van der Waals surface area contributed by atoms with Crippen molar-refractivity contribution in [2.75, 3.05) is 13.1 Å². The molecule has 23 heavy (non-hydrogen) atoms. The summed E-state index contributed by atoms with van der Waals surface area (Å²) in [6.45, 7) is 5.04. The fraction of sp³-hybridized carbons (Fsp3) is 0.529. The maximum Gasteiger partial charge on any atom is 0.227 e. The minimum Gasteiger partial charge on any atom is -0.351 e. The highest BCUT2D eigenvalue weighted by Gasteiger charge is 2.22. The van der Waals surface area contributed by atoms with Gasteiger partial charge in [-0.2, -0.15) is 0 Å². The average Bonchev–Trinajstić information content (AvgIpc) is 3.16. The van der Waals surface area contributed by atoms with Crippen LogP contribution in [0.25, 0.3) is 0 Å². The number of amides is 2. The molecular formula is C17H23ClN2O2S. The van der Waals surface area contributed by atoms with Crippen molar-refractivity contribution in [1.82, 2.24) is 10.2 Å². The SMILES string of the molecule is CCN(CC(C)NC(=O)C1C=CCC1)C(=O)Cc1ccc(Cl)s1. The second-order valence-corrected chi connectivity index (χ2v) is 7.64. The predicted molar refractivity (Wildman–Crippen MR) is 94.8 cm³/mol. The molecule has 0 saturated carbocycles. The largest absolute Gasteiger partial charge is 0.351 e. The van der Waals surface area contributed by atoms with E-state index in [-0.39, 0.29) is 23.8 Å². The number of hydrogen-bond donors (Lipinski definition) is 1. The van der Waals surface area contributed by atoms with Crippen molar-refractivity contribution in [1.29, 1.82) is 0 Å². The zero-order valence-corrected chi connectivity index (χ0v) is 15.1. The standard InChI is InChI=1S/C17H23ClN2O2S/c1-3-20(16(21)10-14-8-9-15(18)23-14)11-12(2)19-17(22)13-6-4-5-7-13/h4,6,8-9,12-13H,3,5,7,10-11H2,1-2H3,(H,19,22). The Hall–Kier alpha value is -1.33. The predicted octanol–water partition coefficient (Wildman–Crippen LogP) is 3.26. The second-order valence-electron chi connectivity index (χ2n) is 5.84. The quantitative estimate of drug-likeness (QED) is 0.764. The number of thiophene rings is 1. The number of hydrogen-bond acceptors (Lipinski definition) is 3. The molecule has 0 fully saturated rings. The average molecular weight is 355 g/mol. The Bertz CT molecular complexity index is 585. The van der Waals surface area contributed by atoms with Crippen LogP contribution in [-0.2, 0) is 16.0 Å². The summed E-state index contributed by atoms with van der Waals surface area (Å²) in [5.41, 5.74) is 0. The lowest BCUT2D eigenvalue weighted by Gasteiger charge is -2.26. The minimum atomic E-state index is -0.0627. The smallest absolute Gasteiger partial charge is 0.227 e. The third-order valence-corrected chi connectivity index (χ3v) is 5.15. The summed E-state index contributed by atoms with van der Waals surface area (Å²) < 4.78 is 0.695. The number of nitrogens with zero attached hydrogens (tertiary/aromatic N) is 1. The molecule has 2 amide bonds. The molecular weight excluding hydrogens is 332 g/mol. The number of likely N-dealkylation sites (N-methyl/N-ethyl adjacent to an activating group) is 1. The van der Waals surface area contributed by atoms with Crippen LogP contribution in [0.5, 0.6) is 0 Å². The van der Waals surface area contributed by atoms with E-state index in [9.17, 15) is 9.59 Å². The molecule has 0 spiro atoms. The lowest BCUT2D eigenvalue weighted by atomic mass is 10.1. The summed E-state index contributed by atoms with van der Waals surface area (Å²) in [6, 6.07) is 3.63. The van der Waals surface area contributed by atoms with Crippen LogP contribution in [0.15, 0.2) is 24.3 Å². The lowest BCUT2D eigenvalue weighted by molar-refractivity contribution is -0.131. The Kier molecular flexibility index (Phi) is 6.66. The molecule has 2 atom stereocenters. The molecule has 1 heterocycles. The van der Waals surface area contributed by atoms with Crippen LogP contribution in [0, 0.1) is 5.92 Å². The molecule has 0 saturated heterocycles. The van der Waals surface area contributed by atoms with Crippen molar-refractivity contribution >= 4 is 34.8 Å². The molecule has 1 aromatic rings. The third kappa shape index (κ3) is 5.36. The number of halogens is 1. The van der Waals surface area contributed by atoms with E-state index in [0.29, 0.717) is 23.8 Å². The van der Waals surface area contributed by atoms with Crippen molar-refractivity contribution in [3.8, 4) is 0 Å². The van der Waals surface area contributed by atoms with Gasteiger partial charge in [-0.25, -0.2) is 0 Å². The summed E-state index contributed by atoms with van der Waals surface area (Å²) in [5, 5.41) is 3.01. The van der Waals surface area contributed by atoms with Crippen LogP contribution in [-0.4, -0.2) is 35.8 Å². The van der Waals surface area contributed by atoms with Crippen LogP contribution in [0.4, 0.5) is 0 Å². The molecule has 0 aromatic carbocycles. The van der Waals surface area contributed by atoms with Crippen molar-refractivity contribution in [3.63, 3.8) is 0 Å². The zero-order valence-electron chi connectivity index (χ0n) is 13.5. The molecule has 0 bridgehead atoms. The van der Waals surface area contributed by atoms with Gasteiger partial charge in [-0.15, -0.1) is 11.3 Å². The van der Waals surface area contributed by atoms with Crippen molar-refractivity contribution < 1.29 is 9.59 Å². The Balaban J connectivity index is 1.83. The zero-order chi connectivity index (χ0) is 16.8. The van der Waals surface area contributed by atoms with Gasteiger partial charge in [0.15, 0.2) is 0 Å². The topological polar surface area (TPSA) is 49.4 Å². The van der Waals surface area contributed by atoms with Gasteiger partial charge in [0.05, 0.1) is 16.7 Å². The maximum absolute atomic E-state index is 12.4. The van der Waals surface area contributed by atoms with Gasteiger partial charge < -0.3 is 10.2 Å². The first-order valence-electron chi connectivity index (χ1n) is 7.98. The number of carbonyl (C=O) groups excluding carboxylic acids is 2. The highest BCUT2D eigenvalue weighted by Crippen LogP contribution is 2.22. The first kappa shape index (κ1) is 18.0. The summed E-state index contributed by atoms with van der Waals surface area (Å²) >= 11 is 7.33. The van der Waals surface area contributed by atoms with Crippen LogP contribution in [0.2, 0.25) is 4.34 Å². The van der Waals surface area contributed by atoms with E-state index in [0.717, 1.165) is 17.7 Å². The summed E-state index contributed by atoms with van der Waals surface area (Å²) in [7, 11) is 0. The van der Waals surface area contributed by atoms with Gasteiger partial charge in [-0.1, -0.05) is 23.8 Å². The van der Waals surface area contributed by atoms with E-state index in [4.69, 9.17) is 11.6 Å². The molecule has 1 N–H and O–H groups in total. The van der Waals surface area contributed by atoms with Gasteiger partial charge >= 0.3 is 0 Å². The van der Waals surface area contributed by atoms with Crippen molar-refractivity contribution in [2.24, 2.45) is 5.92 Å². The molecule has 2 rings (SSSR count). The molecule has 6 heteroatoms. The van der Waals surface area contributed by atoms with Gasteiger partial charge in [-0.3, -0.25) is 9.59 Å². The van der Waals surface area contributed by atoms with Crippen molar-refractivity contribution in [3.05, 3.63) is 33.5 Å². The summed E-state index contributed by atoms with van der Waals surface area (Å²) in [5.74, 6) is 0.101. The lowest BCUT2D eigenvalue weighted by Crippen LogP contribution is -2.45. The first-order chi connectivity index (χ1) is 11.0. The van der Waals surface area contributed by atoms with Gasteiger partial charge in [0.25, 0.3) is 0 Å². The van der Waals surface area contributed by atoms with Gasteiger partial charge in [-0.05, 0) is 38.8 Å². The van der Waals surface area contributed by atoms with Crippen LogP contribution in [0.1, 0.15) is 31.6 Å².